The zero-order chi connectivity index (χ0) is 6.97. The summed E-state index contributed by atoms with van der Waals surface area (Å²) in [6.45, 7) is 0. The van der Waals surface area contributed by atoms with E-state index in [2.05, 4.69) is 12.2 Å². The summed E-state index contributed by atoms with van der Waals surface area (Å²) in [4.78, 5) is 11.4. The molecule has 2 aliphatic carbocycles. The molecule has 2 aliphatic rings. The van der Waals surface area contributed by atoms with E-state index in [1.807, 2.05) is 0 Å². The monoisotopic (exact) mass is 136 g/mol. The standard InChI is InChI=1S/C9H12O/c10-9-7-3-1-4-8(9)6-2-5-7/h1,3,7-8H,2,4-6H2/t7-,8+/m0/s1. The van der Waals surface area contributed by atoms with Gasteiger partial charge in [-0.15, -0.1) is 0 Å². The molecular formula is C9H12O. The van der Waals surface area contributed by atoms with Crippen molar-refractivity contribution in [1.82, 2.24) is 0 Å². The first-order valence-corrected chi connectivity index (χ1v) is 4.08. The fraction of sp³-hybridized carbons (Fsp3) is 0.667. The second-order valence-electron chi connectivity index (χ2n) is 3.30. The summed E-state index contributed by atoms with van der Waals surface area (Å²) in [7, 11) is 0. The topological polar surface area (TPSA) is 17.1 Å². The molecule has 0 aromatic rings. The number of rotatable bonds is 0. The summed E-state index contributed by atoms with van der Waals surface area (Å²) in [5.41, 5.74) is 0. The van der Waals surface area contributed by atoms with Crippen LogP contribution in [0, 0.1) is 11.8 Å². The van der Waals surface area contributed by atoms with Crippen molar-refractivity contribution in [3.8, 4) is 0 Å². The highest BCUT2D eigenvalue weighted by atomic mass is 16.1. The summed E-state index contributed by atoms with van der Waals surface area (Å²) in [5, 5.41) is 0. The van der Waals surface area contributed by atoms with Crippen LogP contribution in [0.25, 0.3) is 0 Å². The maximum Gasteiger partial charge on any atom is 0.143 e. The van der Waals surface area contributed by atoms with Gasteiger partial charge in [-0.3, -0.25) is 4.79 Å². The number of carbonyl (C=O) groups excluding carboxylic acids is 1. The van der Waals surface area contributed by atoms with Crippen LogP contribution in [0.1, 0.15) is 25.7 Å². The molecule has 1 saturated carbocycles. The number of allylic oxidation sites excluding steroid dienone is 2. The van der Waals surface area contributed by atoms with Crippen molar-refractivity contribution in [2.24, 2.45) is 11.8 Å². The molecule has 0 heterocycles. The van der Waals surface area contributed by atoms with Crippen LogP contribution in [0.5, 0.6) is 0 Å². The summed E-state index contributed by atoms with van der Waals surface area (Å²) in [5.74, 6) is 1.20. The van der Waals surface area contributed by atoms with Gasteiger partial charge in [0, 0.05) is 11.8 Å². The quantitative estimate of drug-likeness (QED) is 0.465. The predicted octanol–water partition coefficient (Wildman–Crippen LogP) is 1.93. The lowest BCUT2D eigenvalue weighted by atomic mass is 9.75. The Hall–Kier alpha value is -0.590. The molecule has 2 atom stereocenters. The Morgan fingerprint density at radius 2 is 2.30 bits per heavy atom. The Bertz CT molecular complexity index is 181. The van der Waals surface area contributed by atoms with Gasteiger partial charge in [0.15, 0.2) is 0 Å². The SMILES string of the molecule is O=C1[C@@H]2CC=C[C@H]1CCC2. The lowest BCUT2D eigenvalue weighted by Gasteiger charge is -2.28. The minimum absolute atomic E-state index is 0.299. The minimum Gasteiger partial charge on any atom is -0.299 e. The molecule has 2 rings (SSSR count). The average Bonchev–Trinajstić information content (AvgIpc) is 1.86. The molecule has 0 N–H and O–H groups in total. The normalized spacial score (nSPS) is 38.2. The second-order valence-corrected chi connectivity index (χ2v) is 3.30. The van der Waals surface area contributed by atoms with E-state index in [-0.39, 0.29) is 0 Å². The fourth-order valence-corrected chi connectivity index (χ4v) is 2.00. The number of ketones is 1. The van der Waals surface area contributed by atoms with Gasteiger partial charge in [-0.1, -0.05) is 18.6 Å². The van der Waals surface area contributed by atoms with Crippen LogP contribution in [0.15, 0.2) is 12.2 Å². The van der Waals surface area contributed by atoms with Crippen molar-refractivity contribution in [3.63, 3.8) is 0 Å². The maximum atomic E-state index is 11.4. The van der Waals surface area contributed by atoms with E-state index in [9.17, 15) is 4.79 Å². The van der Waals surface area contributed by atoms with Crippen LogP contribution in [-0.4, -0.2) is 5.78 Å². The van der Waals surface area contributed by atoms with E-state index in [1.165, 1.54) is 6.42 Å². The van der Waals surface area contributed by atoms with Gasteiger partial charge in [0.2, 0.25) is 0 Å². The number of hydrogen-bond donors (Lipinski definition) is 0. The van der Waals surface area contributed by atoms with Crippen LogP contribution in [-0.2, 0) is 4.79 Å². The Balaban J connectivity index is 2.25. The van der Waals surface area contributed by atoms with Gasteiger partial charge < -0.3 is 0 Å². The third-order valence-corrected chi connectivity index (χ3v) is 2.62. The summed E-state index contributed by atoms with van der Waals surface area (Å²) in [6, 6.07) is 0. The molecule has 0 amide bonds. The molecule has 0 spiro atoms. The van der Waals surface area contributed by atoms with Crippen molar-refractivity contribution in [3.05, 3.63) is 12.2 Å². The molecule has 0 unspecified atom stereocenters. The van der Waals surface area contributed by atoms with E-state index in [0.29, 0.717) is 17.6 Å². The molecule has 54 valence electrons. The van der Waals surface area contributed by atoms with E-state index >= 15 is 0 Å². The Labute approximate surface area is 61.1 Å². The highest BCUT2D eigenvalue weighted by Crippen LogP contribution is 2.32. The molecule has 1 nitrogen and oxygen atoms in total. The fourth-order valence-electron chi connectivity index (χ4n) is 2.00. The first kappa shape index (κ1) is 6.14. The van der Waals surface area contributed by atoms with Gasteiger partial charge in [0.1, 0.15) is 5.78 Å². The van der Waals surface area contributed by atoms with Gasteiger partial charge in [0.05, 0.1) is 0 Å². The molecule has 1 fully saturated rings. The molecule has 0 aliphatic heterocycles. The second kappa shape index (κ2) is 2.22. The zero-order valence-electron chi connectivity index (χ0n) is 6.05. The largest absolute Gasteiger partial charge is 0.299 e. The predicted molar refractivity (Wildman–Crippen MR) is 39.6 cm³/mol. The first-order chi connectivity index (χ1) is 4.88. The van der Waals surface area contributed by atoms with Crippen LogP contribution < -0.4 is 0 Å². The molecule has 10 heavy (non-hydrogen) atoms. The molecule has 2 bridgehead atoms. The molecule has 0 aromatic carbocycles. The zero-order valence-corrected chi connectivity index (χ0v) is 6.05. The third-order valence-electron chi connectivity index (χ3n) is 2.62. The van der Waals surface area contributed by atoms with Gasteiger partial charge >= 0.3 is 0 Å². The average molecular weight is 136 g/mol. The van der Waals surface area contributed by atoms with Crippen LogP contribution in [0.3, 0.4) is 0 Å². The van der Waals surface area contributed by atoms with Gasteiger partial charge in [-0.25, -0.2) is 0 Å². The Morgan fingerprint density at radius 1 is 1.40 bits per heavy atom. The van der Waals surface area contributed by atoms with E-state index in [4.69, 9.17) is 0 Å². The highest BCUT2D eigenvalue weighted by Gasteiger charge is 2.30. The smallest absolute Gasteiger partial charge is 0.143 e. The summed E-state index contributed by atoms with van der Waals surface area (Å²) >= 11 is 0. The molecular weight excluding hydrogens is 124 g/mol. The van der Waals surface area contributed by atoms with E-state index in [0.717, 1.165) is 19.3 Å². The van der Waals surface area contributed by atoms with Gasteiger partial charge in [-0.05, 0) is 19.3 Å². The number of fused-ring (bicyclic) bond motifs is 2. The number of hydrogen-bond acceptors (Lipinski definition) is 1. The van der Waals surface area contributed by atoms with E-state index in [1.54, 1.807) is 0 Å². The number of Topliss-reactive ketones (excluding diaryl/α,β-unsaturated/α-hetero) is 1. The van der Waals surface area contributed by atoms with Crippen molar-refractivity contribution in [2.45, 2.75) is 25.7 Å². The third kappa shape index (κ3) is 0.808. The van der Waals surface area contributed by atoms with Gasteiger partial charge in [-0.2, -0.15) is 0 Å². The van der Waals surface area contributed by atoms with Crippen LogP contribution in [0.2, 0.25) is 0 Å². The molecule has 0 radical (unpaired) electrons. The van der Waals surface area contributed by atoms with Crippen LogP contribution in [0.4, 0.5) is 0 Å². The molecule has 1 heteroatoms. The van der Waals surface area contributed by atoms with Crippen molar-refractivity contribution in [2.75, 3.05) is 0 Å². The number of carbonyl (C=O) groups is 1. The Kier molecular flexibility index (Phi) is 1.37. The first-order valence-electron chi connectivity index (χ1n) is 4.08. The van der Waals surface area contributed by atoms with Crippen molar-refractivity contribution in [1.29, 1.82) is 0 Å². The summed E-state index contributed by atoms with van der Waals surface area (Å²) in [6.07, 6.45) is 8.78. The maximum absolute atomic E-state index is 11.4. The highest BCUT2D eigenvalue weighted by molar-refractivity contribution is 5.86. The van der Waals surface area contributed by atoms with Crippen LogP contribution >= 0.6 is 0 Å². The Morgan fingerprint density at radius 3 is 3.00 bits per heavy atom. The van der Waals surface area contributed by atoms with Crippen molar-refractivity contribution < 1.29 is 4.79 Å². The van der Waals surface area contributed by atoms with Crippen molar-refractivity contribution >= 4 is 5.78 Å². The lowest BCUT2D eigenvalue weighted by molar-refractivity contribution is -0.127. The molecule has 0 saturated heterocycles. The molecule has 0 aromatic heterocycles. The minimum atomic E-state index is 0.299. The summed E-state index contributed by atoms with van der Waals surface area (Å²) < 4.78 is 0. The van der Waals surface area contributed by atoms with E-state index < -0.39 is 0 Å². The van der Waals surface area contributed by atoms with Gasteiger partial charge in [0.25, 0.3) is 0 Å². The lowest BCUT2D eigenvalue weighted by Crippen LogP contribution is -2.29.